The summed E-state index contributed by atoms with van der Waals surface area (Å²) >= 11 is 0. The molecule has 1 aromatic rings. The lowest BCUT2D eigenvalue weighted by molar-refractivity contribution is 0.0960. The first-order chi connectivity index (χ1) is 9.24. The summed E-state index contributed by atoms with van der Waals surface area (Å²) in [6.07, 6.45) is 5.05. The van der Waals surface area contributed by atoms with Crippen molar-refractivity contribution in [3.05, 3.63) is 29.3 Å². The summed E-state index contributed by atoms with van der Waals surface area (Å²) in [7, 11) is 1.62. The molecule has 1 atom stereocenters. The first-order valence-electron chi connectivity index (χ1n) is 7.18. The molecule has 0 saturated carbocycles. The van der Waals surface area contributed by atoms with Crippen LogP contribution >= 0.6 is 0 Å². The van der Waals surface area contributed by atoms with Crippen LogP contribution in [0.25, 0.3) is 0 Å². The number of hydrogen-bond acceptors (Lipinski definition) is 3. The van der Waals surface area contributed by atoms with E-state index in [1.165, 1.54) is 18.4 Å². The first-order valence-corrected chi connectivity index (χ1v) is 7.18. The zero-order valence-electron chi connectivity index (χ0n) is 11.9. The van der Waals surface area contributed by atoms with Gasteiger partial charge in [0.25, 0.3) is 0 Å². The van der Waals surface area contributed by atoms with Gasteiger partial charge < -0.3 is 10.1 Å². The maximum Gasteiger partial charge on any atom is 0.168 e. The molecular formula is C16H23NO2. The highest BCUT2D eigenvalue weighted by molar-refractivity contribution is 5.99. The van der Waals surface area contributed by atoms with E-state index < -0.39 is 0 Å². The number of piperidine rings is 1. The summed E-state index contributed by atoms with van der Waals surface area (Å²) in [6.45, 7) is 3.13. The Hall–Kier alpha value is -1.35. The van der Waals surface area contributed by atoms with Gasteiger partial charge in [0.15, 0.2) is 5.78 Å². The van der Waals surface area contributed by atoms with Crippen molar-refractivity contribution >= 4 is 5.78 Å². The summed E-state index contributed by atoms with van der Waals surface area (Å²) in [5.74, 6) is 0.879. The molecule has 1 heterocycles. The normalized spacial score (nSPS) is 19.2. The molecule has 0 bridgehead atoms. The Morgan fingerprint density at radius 3 is 2.89 bits per heavy atom. The minimum Gasteiger partial charge on any atom is -0.496 e. The SMILES string of the molecule is CCc1ccc(OC)c(C(=O)CC2CCCCN2)c1. The summed E-state index contributed by atoms with van der Waals surface area (Å²) in [5.41, 5.74) is 1.91. The number of carbonyl (C=O) groups is 1. The second kappa shape index (κ2) is 6.71. The van der Waals surface area contributed by atoms with Gasteiger partial charge >= 0.3 is 0 Å². The molecule has 0 radical (unpaired) electrons. The van der Waals surface area contributed by atoms with Crippen molar-refractivity contribution in [1.29, 1.82) is 0 Å². The van der Waals surface area contributed by atoms with Crippen LogP contribution in [0.2, 0.25) is 0 Å². The molecule has 1 aliphatic rings. The fraction of sp³-hybridized carbons (Fsp3) is 0.562. The molecule has 1 unspecified atom stereocenters. The van der Waals surface area contributed by atoms with Crippen molar-refractivity contribution in [1.82, 2.24) is 5.32 Å². The lowest BCUT2D eigenvalue weighted by atomic mass is 9.95. The molecule has 0 spiro atoms. The van der Waals surface area contributed by atoms with E-state index in [2.05, 4.69) is 12.2 Å². The lowest BCUT2D eigenvalue weighted by Gasteiger charge is -2.23. The van der Waals surface area contributed by atoms with Crippen LogP contribution in [0.4, 0.5) is 0 Å². The summed E-state index contributed by atoms with van der Waals surface area (Å²) < 4.78 is 5.31. The average Bonchev–Trinajstić information content (AvgIpc) is 2.47. The van der Waals surface area contributed by atoms with Crippen molar-refractivity contribution < 1.29 is 9.53 Å². The number of carbonyl (C=O) groups excluding carboxylic acids is 1. The second-order valence-electron chi connectivity index (χ2n) is 5.16. The van der Waals surface area contributed by atoms with Crippen LogP contribution in [0.3, 0.4) is 0 Å². The van der Waals surface area contributed by atoms with Gasteiger partial charge in [-0.1, -0.05) is 19.4 Å². The number of aryl methyl sites for hydroxylation is 1. The quantitative estimate of drug-likeness (QED) is 0.828. The van der Waals surface area contributed by atoms with Crippen molar-refractivity contribution in [3.8, 4) is 5.75 Å². The maximum absolute atomic E-state index is 12.4. The minimum atomic E-state index is 0.187. The van der Waals surface area contributed by atoms with Crippen LogP contribution < -0.4 is 10.1 Å². The van der Waals surface area contributed by atoms with Gasteiger partial charge in [-0.15, -0.1) is 0 Å². The Morgan fingerprint density at radius 2 is 2.26 bits per heavy atom. The third-order valence-corrected chi connectivity index (χ3v) is 3.82. The lowest BCUT2D eigenvalue weighted by Crippen LogP contribution is -2.35. The molecule has 0 aliphatic carbocycles. The van der Waals surface area contributed by atoms with E-state index in [0.29, 0.717) is 18.2 Å². The van der Waals surface area contributed by atoms with E-state index in [9.17, 15) is 4.79 Å². The van der Waals surface area contributed by atoms with E-state index in [0.717, 1.165) is 24.9 Å². The summed E-state index contributed by atoms with van der Waals surface area (Å²) in [6, 6.07) is 6.23. The highest BCUT2D eigenvalue weighted by Gasteiger charge is 2.20. The van der Waals surface area contributed by atoms with Gasteiger partial charge in [-0.05, 0) is 43.5 Å². The van der Waals surface area contributed by atoms with E-state index in [4.69, 9.17) is 4.74 Å². The Morgan fingerprint density at radius 1 is 1.42 bits per heavy atom. The zero-order valence-corrected chi connectivity index (χ0v) is 11.9. The molecule has 19 heavy (non-hydrogen) atoms. The van der Waals surface area contributed by atoms with E-state index in [-0.39, 0.29) is 5.78 Å². The number of benzene rings is 1. The third kappa shape index (κ3) is 3.57. The molecule has 2 rings (SSSR count). The van der Waals surface area contributed by atoms with Crippen molar-refractivity contribution in [2.45, 2.75) is 45.1 Å². The van der Waals surface area contributed by atoms with Gasteiger partial charge in [-0.25, -0.2) is 0 Å². The number of Topliss-reactive ketones (excluding diaryl/α,β-unsaturated/α-hetero) is 1. The van der Waals surface area contributed by atoms with Gasteiger partial charge in [0.2, 0.25) is 0 Å². The highest BCUT2D eigenvalue weighted by Crippen LogP contribution is 2.23. The fourth-order valence-electron chi connectivity index (χ4n) is 2.62. The number of rotatable bonds is 5. The largest absolute Gasteiger partial charge is 0.496 e. The monoisotopic (exact) mass is 261 g/mol. The van der Waals surface area contributed by atoms with Crippen LogP contribution in [0.15, 0.2) is 18.2 Å². The Labute approximate surface area is 115 Å². The van der Waals surface area contributed by atoms with Gasteiger partial charge in [-0.3, -0.25) is 4.79 Å². The molecular weight excluding hydrogens is 238 g/mol. The zero-order chi connectivity index (χ0) is 13.7. The standard InChI is InChI=1S/C16H23NO2/c1-3-12-7-8-16(19-2)14(10-12)15(18)11-13-6-4-5-9-17-13/h7-8,10,13,17H,3-6,9,11H2,1-2H3. The van der Waals surface area contributed by atoms with Crippen molar-refractivity contribution in [3.63, 3.8) is 0 Å². The number of ketones is 1. The van der Waals surface area contributed by atoms with Gasteiger partial charge in [-0.2, -0.15) is 0 Å². The summed E-state index contributed by atoms with van der Waals surface area (Å²) in [5, 5.41) is 3.42. The molecule has 1 fully saturated rings. The predicted molar refractivity (Wildman–Crippen MR) is 77.0 cm³/mol. The van der Waals surface area contributed by atoms with Gasteiger partial charge in [0.1, 0.15) is 5.75 Å². The predicted octanol–water partition coefficient (Wildman–Crippen LogP) is 2.97. The van der Waals surface area contributed by atoms with E-state index in [1.807, 2.05) is 18.2 Å². The van der Waals surface area contributed by atoms with Gasteiger partial charge in [0.05, 0.1) is 12.7 Å². The van der Waals surface area contributed by atoms with Gasteiger partial charge in [0, 0.05) is 12.5 Å². The topological polar surface area (TPSA) is 38.3 Å². The molecule has 3 nitrogen and oxygen atoms in total. The molecule has 1 aliphatic heterocycles. The third-order valence-electron chi connectivity index (χ3n) is 3.82. The molecule has 1 aromatic carbocycles. The van der Waals surface area contributed by atoms with Crippen molar-refractivity contribution in [2.75, 3.05) is 13.7 Å². The van der Waals surface area contributed by atoms with Crippen LogP contribution in [0.5, 0.6) is 5.75 Å². The molecule has 1 saturated heterocycles. The highest BCUT2D eigenvalue weighted by atomic mass is 16.5. The number of methoxy groups -OCH3 is 1. The number of ether oxygens (including phenoxy) is 1. The molecule has 1 N–H and O–H groups in total. The van der Waals surface area contributed by atoms with Crippen LogP contribution in [0.1, 0.15) is 48.5 Å². The molecule has 3 heteroatoms. The van der Waals surface area contributed by atoms with E-state index >= 15 is 0 Å². The fourth-order valence-corrected chi connectivity index (χ4v) is 2.62. The Bertz CT molecular complexity index is 436. The van der Waals surface area contributed by atoms with Crippen molar-refractivity contribution in [2.24, 2.45) is 0 Å². The Balaban J connectivity index is 2.12. The second-order valence-corrected chi connectivity index (χ2v) is 5.16. The van der Waals surface area contributed by atoms with Crippen LogP contribution in [0, 0.1) is 0 Å². The van der Waals surface area contributed by atoms with Crippen LogP contribution in [-0.2, 0) is 6.42 Å². The average molecular weight is 261 g/mol. The van der Waals surface area contributed by atoms with E-state index in [1.54, 1.807) is 7.11 Å². The minimum absolute atomic E-state index is 0.187. The molecule has 0 aromatic heterocycles. The number of hydrogen-bond donors (Lipinski definition) is 1. The maximum atomic E-state index is 12.4. The molecule has 104 valence electrons. The smallest absolute Gasteiger partial charge is 0.168 e. The Kier molecular flexibility index (Phi) is 4.97. The molecule has 0 amide bonds. The summed E-state index contributed by atoms with van der Waals surface area (Å²) in [4.78, 5) is 12.4. The first kappa shape index (κ1) is 14.1. The van der Waals surface area contributed by atoms with Crippen LogP contribution in [-0.4, -0.2) is 25.5 Å². The number of nitrogens with one attached hydrogen (secondary N) is 1.